The van der Waals surface area contributed by atoms with Crippen LogP contribution in [0.4, 0.5) is 0 Å². The number of benzene rings is 2. The van der Waals surface area contributed by atoms with Gasteiger partial charge in [0.05, 0.1) is 68.0 Å². The summed E-state index contributed by atoms with van der Waals surface area (Å²) in [7, 11) is 1.56. The zero-order valence-corrected chi connectivity index (χ0v) is 34.3. The van der Waals surface area contributed by atoms with Gasteiger partial charge in [-0.2, -0.15) is 10.5 Å². The van der Waals surface area contributed by atoms with Crippen LogP contribution in [0.2, 0.25) is 0 Å². The Kier molecular flexibility index (Phi) is 14.4. The molecule has 0 saturated carbocycles. The van der Waals surface area contributed by atoms with Crippen molar-refractivity contribution in [2.75, 3.05) is 14.1 Å². The predicted octanol–water partition coefficient (Wildman–Crippen LogP) is 5.78. The molecule has 0 unspecified atom stereocenters. The van der Waals surface area contributed by atoms with Crippen molar-refractivity contribution in [3.63, 3.8) is 0 Å². The van der Waals surface area contributed by atoms with Gasteiger partial charge in [0.25, 0.3) is 11.8 Å². The van der Waals surface area contributed by atoms with Crippen LogP contribution in [0.3, 0.4) is 0 Å². The minimum atomic E-state index is -0.550. The van der Waals surface area contributed by atoms with Crippen molar-refractivity contribution in [1.29, 1.82) is 10.5 Å². The quantitative estimate of drug-likeness (QED) is 0.363. The molecular weight excluding hydrogens is 741 g/mol. The standard InChI is InChI=1S/C15H19BN2O3.C12H24B2O4.C9H7BrN2O.CH4/c1-14(2)15(3,4)21-16(20-14)11-7-6-10(9-17)12(8-11)13(19)18-5;1-9(2)10(3,4)16-13(15-9)14-17-11(5,6)12(7,8)18-14;1-12-9(13)8-4-7(10)3-2-6(8)5-11;/h6-8H,1-5H3,(H,18,19);1-8H3;2-4H,1H3,(H,12,13);1H4. The lowest BCUT2D eigenvalue weighted by Crippen LogP contribution is -2.41. The topological polar surface area (TPSA) is 161 Å². The zero-order chi connectivity index (χ0) is 39.7. The molecule has 16 heteroatoms. The molecule has 2 N–H and O–H groups in total. The Hall–Kier alpha value is -3.21. The summed E-state index contributed by atoms with van der Waals surface area (Å²) in [5, 5.41) is 22.8. The number of nitrogens with one attached hydrogen (secondary N) is 2. The van der Waals surface area contributed by atoms with Gasteiger partial charge in [0.2, 0.25) is 0 Å². The number of carbonyl (C=O) groups excluding carboxylic acids is 2. The van der Waals surface area contributed by atoms with E-state index in [1.807, 2.05) is 95.2 Å². The smallest absolute Gasteiger partial charge is 0.405 e. The Morgan fingerprint density at radius 1 is 0.585 bits per heavy atom. The van der Waals surface area contributed by atoms with Gasteiger partial charge in [0.1, 0.15) is 0 Å². The highest BCUT2D eigenvalue weighted by Crippen LogP contribution is 2.43. The van der Waals surface area contributed by atoms with Crippen LogP contribution >= 0.6 is 15.9 Å². The fraction of sp³-hybridized carbons (Fsp3) is 0.568. The molecular formula is C37H54B3BrN4O8. The van der Waals surface area contributed by atoms with E-state index in [0.29, 0.717) is 22.3 Å². The number of rotatable bonds is 4. The van der Waals surface area contributed by atoms with Crippen molar-refractivity contribution in [1.82, 2.24) is 10.6 Å². The molecule has 0 aromatic heterocycles. The fourth-order valence-corrected chi connectivity index (χ4v) is 5.40. The van der Waals surface area contributed by atoms with Gasteiger partial charge in [0, 0.05) is 18.6 Å². The highest BCUT2D eigenvalue weighted by atomic mass is 79.9. The lowest BCUT2D eigenvalue weighted by atomic mass is 9.49. The maximum absolute atomic E-state index is 11.9. The van der Waals surface area contributed by atoms with E-state index < -0.39 is 32.3 Å². The first-order chi connectivity index (χ1) is 23.8. The van der Waals surface area contributed by atoms with Crippen molar-refractivity contribution in [2.24, 2.45) is 0 Å². The van der Waals surface area contributed by atoms with E-state index in [-0.39, 0.29) is 41.6 Å². The van der Waals surface area contributed by atoms with Crippen molar-refractivity contribution in [3.05, 3.63) is 63.1 Å². The van der Waals surface area contributed by atoms with Gasteiger partial charge in [-0.3, -0.25) is 9.59 Å². The van der Waals surface area contributed by atoms with Gasteiger partial charge < -0.3 is 38.6 Å². The lowest BCUT2D eigenvalue weighted by Gasteiger charge is -2.32. The van der Waals surface area contributed by atoms with E-state index in [1.165, 1.54) is 14.1 Å². The summed E-state index contributed by atoms with van der Waals surface area (Å²) in [5.41, 5.74) is -0.183. The number of nitrogens with zero attached hydrogens (tertiary/aromatic N) is 2. The molecule has 0 spiro atoms. The Morgan fingerprint density at radius 3 is 1.25 bits per heavy atom. The average molecular weight is 795 g/mol. The number of carbonyl (C=O) groups is 2. The monoisotopic (exact) mass is 794 g/mol. The normalized spacial score (nSPS) is 20.7. The third-order valence-corrected chi connectivity index (χ3v) is 11.0. The highest BCUT2D eigenvalue weighted by molar-refractivity contribution is 9.10. The summed E-state index contributed by atoms with van der Waals surface area (Å²) in [4.78, 5) is 23.1. The van der Waals surface area contributed by atoms with Crippen LogP contribution in [0.25, 0.3) is 0 Å². The Morgan fingerprint density at radius 2 is 0.906 bits per heavy atom. The van der Waals surface area contributed by atoms with Gasteiger partial charge in [-0.1, -0.05) is 29.4 Å². The second-order valence-corrected chi connectivity index (χ2v) is 16.6. The molecule has 2 aromatic carbocycles. The van der Waals surface area contributed by atoms with Gasteiger partial charge >= 0.3 is 21.1 Å². The first-order valence-electron chi connectivity index (χ1n) is 17.0. The zero-order valence-electron chi connectivity index (χ0n) is 32.7. The number of hydrogen-bond donors (Lipinski definition) is 2. The summed E-state index contributed by atoms with van der Waals surface area (Å²) in [6, 6.07) is 14.0. The number of nitriles is 2. The van der Waals surface area contributed by atoms with Gasteiger partial charge in [0.15, 0.2) is 0 Å². The maximum atomic E-state index is 11.9. The second-order valence-electron chi connectivity index (χ2n) is 15.7. The van der Waals surface area contributed by atoms with Crippen LogP contribution in [0.1, 0.15) is 122 Å². The molecule has 0 atom stereocenters. The molecule has 3 fully saturated rings. The Bertz CT molecular complexity index is 1670. The van der Waals surface area contributed by atoms with Crippen LogP contribution in [-0.4, -0.2) is 80.7 Å². The summed E-state index contributed by atoms with van der Waals surface area (Å²) >= 11 is 3.23. The molecule has 3 aliphatic heterocycles. The molecule has 3 heterocycles. The van der Waals surface area contributed by atoms with Gasteiger partial charge in [-0.25, -0.2) is 0 Å². The summed E-state index contributed by atoms with van der Waals surface area (Å²) in [6.45, 7) is 24.1. The number of halogens is 1. The molecule has 0 aliphatic carbocycles. The molecule has 0 radical (unpaired) electrons. The van der Waals surface area contributed by atoms with E-state index in [9.17, 15) is 9.59 Å². The number of hydrogen-bond acceptors (Lipinski definition) is 10. The van der Waals surface area contributed by atoms with Crippen LogP contribution in [0.15, 0.2) is 40.9 Å². The molecule has 12 nitrogen and oxygen atoms in total. The van der Waals surface area contributed by atoms with Crippen LogP contribution in [0, 0.1) is 22.7 Å². The van der Waals surface area contributed by atoms with E-state index >= 15 is 0 Å². The molecule has 0 bridgehead atoms. The van der Waals surface area contributed by atoms with Gasteiger partial charge in [-0.15, -0.1) is 0 Å². The minimum absolute atomic E-state index is 0. The van der Waals surface area contributed by atoms with Gasteiger partial charge in [-0.05, 0) is 119 Å². The second kappa shape index (κ2) is 16.7. The minimum Gasteiger partial charge on any atom is -0.405 e. The van der Waals surface area contributed by atoms with Crippen LogP contribution in [-0.2, 0) is 27.9 Å². The lowest BCUT2D eigenvalue weighted by molar-refractivity contribution is 0.00578. The number of amides is 2. The van der Waals surface area contributed by atoms with Crippen LogP contribution < -0.4 is 16.1 Å². The highest BCUT2D eigenvalue weighted by Gasteiger charge is 2.63. The van der Waals surface area contributed by atoms with Crippen molar-refractivity contribution >= 4 is 54.3 Å². The third kappa shape index (κ3) is 9.92. The van der Waals surface area contributed by atoms with Crippen molar-refractivity contribution < 1.29 is 37.5 Å². The van der Waals surface area contributed by atoms with Crippen molar-refractivity contribution in [2.45, 2.75) is 124 Å². The average Bonchev–Trinajstić information content (AvgIpc) is 3.53. The third-order valence-electron chi connectivity index (χ3n) is 10.5. The Balaban J connectivity index is 0.000000280. The molecule has 2 amide bonds. The summed E-state index contributed by atoms with van der Waals surface area (Å²) in [5.74, 6) is -0.553. The van der Waals surface area contributed by atoms with Crippen molar-refractivity contribution in [3.8, 4) is 12.1 Å². The molecule has 3 aliphatic rings. The molecule has 53 heavy (non-hydrogen) atoms. The molecule has 2 aromatic rings. The SMILES string of the molecule is C.CC1(C)OB(B2OC(C)(C)C(C)(C)O2)OC1(C)C.CNC(=O)c1cc(B2OC(C)(C)C(C)(C)O2)ccc1C#N.CNC(=O)c1cc(Br)ccc1C#N. The van der Waals surface area contributed by atoms with E-state index in [0.717, 1.165) is 9.94 Å². The Labute approximate surface area is 325 Å². The largest absolute Gasteiger partial charge is 0.494 e. The molecule has 5 rings (SSSR count). The van der Waals surface area contributed by atoms with E-state index in [4.69, 9.17) is 38.4 Å². The maximum Gasteiger partial charge on any atom is 0.494 e. The van der Waals surface area contributed by atoms with E-state index in [2.05, 4.69) is 26.6 Å². The van der Waals surface area contributed by atoms with E-state index in [1.54, 1.807) is 36.4 Å². The first kappa shape index (κ1) is 46.0. The molecule has 3 saturated heterocycles. The summed E-state index contributed by atoms with van der Waals surface area (Å²) in [6.07, 6.45) is 0. The van der Waals surface area contributed by atoms with Crippen LogP contribution in [0.5, 0.6) is 0 Å². The first-order valence-corrected chi connectivity index (χ1v) is 17.8. The summed E-state index contributed by atoms with van der Waals surface area (Å²) < 4.78 is 36.5. The molecule has 286 valence electrons. The fourth-order valence-electron chi connectivity index (χ4n) is 5.04. The predicted molar refractivity (Wildman–Crippen MR) is 211 cm³/mol.